The van der Waals surface area contributed by atoms with E-state index in [1.54, 1.807) is 0 Å². The first-order valence-electron chi connectivity index (χ1n) is 10.4. The van der Waals surface area contributed by atoms with Crippen molar-refractivity contribution < 1.29 is 4.43 Å². The van der Waals surface area contributed by atoms with Crippen molar-refractivity contribution in [3.63, 3.8) is 0 Å². The number of benzene rings is 1. The van der Waals surface area contributed by atoms with Gasteiger partial charge in [0.15, 0.2) is 8.32 Å². The molecular formula is C24H38OSi. The van der Waals surface area contributed by atoms with Gasteiger partial charge in [0.2, 0.25) is 0 Å². The highest BCUT2D eigenvalue weighted by molar-refractivity contribution is 6.74. The average Bonchev–Trinajstić information content (AvgIpc) is 2.60. The molecule has 1 aromatic rings. The molecule has 0 N–H and O–H groups in total. The summed E-state index contributed by atoms with van der Waals surface area (Å²) in [4.78, 5) is 0. The lowest BCUT2D eigenvalue weighted by atomic mass is 9.94. The smallest absolute Gasteiger partial charge is 0.192 e. The van der Waals surface area contributed by atoms with E-state index in [-0.39, 0.29) is 5.04 Å². The van der Waals surface area contributed by atoms with Crippen LogP contribution in [0.5, 0.6) is 0 Å². The summed E-state index contributed by atoms with van der Waals surface area (Å²) >= 11 is 0. The molecule has 0 aromatic heterocycles. The molecule has 0 saturated heterocycles. The Morgan fingerprint density at radius 1 is 1.04 bits per heavy atom. The van der Waals surface area contributed by atoms with Crippen molar-refractivity contribution >= 4 is 8.32 Å². The topological polar surface area (TPSA) is 9.23 Å². The zero-order valence-corrected chi connectivity index (χ0v) is 18.7. The minimum absolute atomic E-state index is 0.264. The van der Waals surface area contributed by atoms with Gasteiger partial charge in [0, 0.05) is 0 Å². The Balaban J connectivity index is 2.03. The largest absolute Gasteiger partial charge is 0.412 e. The van der Waals surface area contributed by atoms with Crippen LogP contribution in [0.15, 0.2) is 47.2 Å². The fourth-order valence-electron chi connectivity index (χ4n) is 3.16. The summed E-state index contributed by atoms with van der Waals surface area (Å²) in [5, 5.41) is 0.264. The predicted molar refractivity (Wildman–Crippen MR) is 116 cm³/mol. The van der Waals surface area contributed by atoms with Gasteiger partial charge in [-0.05, 0) is 79.8 Å². The van der Waals surface area contributed by atoms with Crippen molar-refractivity contribution in [2.75, 3.05) is 6.61 Å². The van der Waals surface area contributed by atoms with Gasteiger partial charge < -0.3 is 4.43 Å². The van der Waals surface area contributed by atoms with Gasteiger partial charge in [-0.2, -0.15) is 0 Å². The molecule has 26 heavy (non-hydrogen) atoms. The summed E-state index contributed by atoms with van der Waals surface area (Å²) in [6.45, 7) is 12.4. The minimum atomic E-state index is -1.71. The molecule has 0 spiro atoms. The summed E-state index contributed by atoms with van der Waals surface area (Å²) in [7, 11) is -1.71. The first kappa shape index (κ1) is 21.2. The zero-order chi connectivity index (χ0) is 19.0. The Morgan fingerprint density at radius 3 is 2.31 bits per heavy atom. The van der Waals surface area contributed by atoms with Crippen molar-refractivity contribution in [2.45, 2.75) is 90.3 Å². The van der Waals surface area contributed by atoms with Crippen LogP contribution in [0.3, 0.4) is 0 Å². The number of aryl methyl sites for hydroxylation is 1. The van der Waals surface area contributed by atoms with E-state index in [0.717, 1.165) is 19.4 Å². The SMILES string of the molecule is CC(C)(C)[Si](C)(C)OCC(=C=C1CCCCC1)CCCc1ccccc1. The monoisotopic (exact) mass is 370 g/mol. The van der Waals surface area contributed by atoms with Gasteiger partial charge in [-0.3, -0.25) is 0 Å². The molecule has 1 aromatic carbocycles. The summed E-state index contributed by atoms with van der Waals surface area (Å²) in [6, 6.07) is 10.8. The normalized spacial score (nSPS) is 15.7. The highest BCUT2D eigenvalue weighted by Gasteiger charge is 2.37. The second kappa shape index (κ2) is 9.74. The van der Waals surface area contributed by atoms with Crippen LogP contribution in [-0.2, 0) is 10.8 Å². The van der Waals surface area contributed by atoms with Crippen LogP contribution in [0.1, 0.15) is 71.3 Å². The van der Waals surface area contributed by atoms with Gasteiger partial charge in [-0.25, -0.2) is 0 Å². The van der Waals surface area contributed by atoms with Crippen molar-refractivity contribution in [3.8, 4) is 0 Å². The molecule has 0 heterocycles. The molecule has 2 heteroatoms. The van der Waals surface area contributed by atoms with Crippen molar-refractivity contribution in [3.05, 3.63) is 52.8 Å². The van der Waals surface area contributed by atoms with E-state index in [1.165, 1.54) is 55.2 Å². The molecule has 1 aliphatic rings. The molecule has 0 radical (unpaired) electrons. The molecule has 1 nitrogen and oxygen atoms in total. The van der Waals surface area contributed by atoms with Gasteiger partial charge >= 0.3 is 0 Å². The fourth-order valence-corrected chi connectivity index (χ4v) is 4.13. The van der Waals surface area contributed by atoms with Gasteiger partial charge in [0.1, 0.15) is 0 Å². The third-order valence-corrected chi connectivity index (χ3v) is 10.5. The molecule has 2 rings (SSSR count). The van der Waals surface area contributed by atoms with Gasteiger partial charge in [-0.1, -0.05) is 57.5 Å². The highest BCUT2D eigenvalue weighted by Crippen LogP contribution is 2.37. The lowest BCUT2D eigenvalue weighted by Gasteiger charge is -2.36. The van der Waals surface area contributed by atoms with E-state index in [4.69, 9.17) is 4.43 Å². The van der Waals surface area contributed by atoms with E-state index in [0.29, 0.717) is 0 Å². The van der Waals surface area contributed by atoms with E-state index < -0.39 is 8.32 Å². The predicted octanol–water partition coefficient (Wildman–Crippen LogP) is 7.45. The molecule has 144 valence electrons. The first-order chi connectivity index (χ1) is 12.3. The van der Waals surface area contributed by atoms with Crippen LogP contribution >= 0.6 is 0 Å². The molecule has 0 amide bonds. The second-order valence-corrected chi connectivity index (χ2v) is 14.1. The van der Waals surface area contributed by atoms with Crippen LogP contribution in [0.25, 0.3) is 0 Å². The Hall–Kier alpha value is -1.08. The summed E-state index contributed by atoms with van der Waals surface area (Å²) < 4.78 is 6.53. The number of hydrogen-bond acceptors (Lipinski definition) is 1. The molecule has 0 bridgehead atoms. The third kappa shape index (κ3) is 6.91. The summed E-state index contributed by atoms with van der Waals surface area (Å²) in [5.41, 5.74) is 8.15. The third-order valence-electron chi connectivity index (χ3n) is 6.01. The quantitative estimate of drug-likeness (QED) is 0.358. The van der Waals surface area contributed by atoms with Crippen LogP contribution in [0.2, 0.25) is 18.1 Å². The maximum atomic E-state index is 6.53. The number of hydrogen-bond donors (Lipinski definition) is 0. The highest BCUT2D eigenvalue weighted by atomic mass is 28.4. The maximum Gasteiger partial charge on any atom is 0.192 e. The fraction of sp³-hybridized carbons (Fsp3) is 0.625. The first-order valence-corrected chi connectivity index (χ1v) is 13.3. The zero-order valence-electron chi connectivity index (χ0n) is 17.7. The summed E-state index contributed by atoms with van der Waals surface area (Å²) in [6.07, 6.45) is 9.96. The Bertz CT molecular complexity index is 607. The molecule has 1 aliphatic carbocycles. The molecule has 1 fully saturated rings. The van der Waals surface area contributed by atoms with Gasteiger partial charge in [0.25, 0.3) is 0 Å². The van der Waals surface area contributed by atoms with Crippen LogP contribution in [0, 0.1) is 0 Å². The van der Waals surface area contributed by atoms with Crippen molar-refractivity contribution in [1.29, 1.82) is 0 Å². The molecular weight excluding hydrogens is 332 g/mol. The Labute approximate surface area is 162 Å². The van der Waals surface area contributed by atoms with E-state index in [1.807, 2.05) is 0 Å². The lowest BCUT2D eigenvalue weighted by molar-refractivity contribution is 0.314. The number of rotatable bonds is 7. The summed E-state index contributed by atoms with van der Waals surface area (Å²) in [5.74, 6) is 0. The van der Waals surface area contributed by atoms with E-state index in [2.05, 4.69) is 69.9 Å². The Kier molecular flexibility index (Phi) is 7.95. The standard InChI is InChI=1S/C24H38OSi/c1-24(2,3)26(4,5)25-20-23(19-22-15-10-7-11-16-22)18-12-17-21-13-8-6-9-14-21/h6,8-9,13-14H,7,10-12,15-18,20H2,1-5H3. The van der Waals surface area contributed by atoms with Crippen LogP contribution in [0.4, 0.5) is 0 Å². The van der Waals surface area contributed by atoms with Crippen LogP contribution < -0.4 is 0 Å². The van der Waals surface area contributed by atoms with Gasteiger partial charge in [-0.15, -0.1) is 5.73 Å². The van der Waals surface area contributed by atoms with Crippen LogP contribution in [-0.4, -0.2) is 14.9 Å². The van der Waals surface area contributed by atoms with Crippen molar-refractivity contribution in [1.82, 2.24) is 0 Å². The molecule has 0 atom stereocenters. The average molecular weight is 371 g/mol. The molecule has 0 aliphatic heterocycles. The lowest BCUT2D eigenvalue weighted by Crippen LogP contribution is -2.41. The molecule has 1 saturated carbocycles. The van der Waals surface area contributed by atoms with Crippen molar-refractivity contribution in [2.24, 2.45) is 0 Å². The van der Waals surface area contributed by atoms with E-state index in [9.17, 15) is 0 Å². The maximum absolute atomic E-state index is 6.53. The minimum Gasteiger partial charge on any atom is -0.412 e. The van der Waals surface area contributed by atoms with Gasteiger partial charge in [0.05, 0.1) is 6.61 Å². The Morgan fingerprint density at radius 2 is 1.69 bits per heavy atom. The second-order valence-electron chi connectivity index (χ2n) is 9.28. The van der Waals surface area contributed by atoms with E-state index >= 15 is 0 Å². The molecule has 0 unspecified atom stereocenters.